The summed E-state index contributed by atoms with van der Waals surface area (Å²) in [7, 11) is 1.51. The first kappa shape index (κ1) is 25.9. The lowest BCUT2D eigenvalue weighted by Gasteiger charge is -2.24. The van der Waals surface area contributed by atoms with Gasteiger partial charge in [-0.2, -0.15) is 0 Å². The fraction of sp³-hybridized carbons (Fsp3) is 0.400. The second-order valence-corrected chi connectivity index (χ2v) is 8.35. The standard InChI is InChI=1S/C25H33N3O5/c1-18(2)13-21(15-28(32)17-29)24(30)27-23(25(31)26-3)14-19-9-11-22(12-10-19)33-16-20-7-5-4-6-8-20/h4-12,17-18,21,23,32H,13-16H2,1-3H3,(H,26,31)(H,27,30)/t21?,23-/m0/s1. The Labute approximate surface area is 194 Å². The summed E-state index contributed by atoms with van der Waals surface area (Å²) in [6, 6.07) is 16.4. The van der Waals surface area contributed by atoms with Gasteiger partial charge in [0.15, 0.2) is 0 Å². The highest BCUT2D eigenvalue weighted by molar-refractivity contribution is 5.88. The van der Waals surface area contributed by atoms with E-state index in [-0.39, 0.29) is 37.1 Å². The van der Waals surface area contributed by atoms with Crippen LogP contribution in [0.2, 0.25) is 0 Å². The fourth-order valence-electron chi connectivity index (χ4n) is 3.47. The summed E-state index contributed by atoms with van der Waals surface area (Å²) in [4.78, 5) is 36.1. The Morgan fingerprint density at radius 1 is 1.03 bits per heavy atom. The molecule has 0 heterocycles. The van der Waals surface area contributed by atoms with E-state index in [0.717, 1.165) is 11.1 Å². The van der Waals surface area contributed by atoms with Gasteiger partial charge in [-0.3, -0.25) is 19.6 Å². The van der Waals surface area contributed by atoms with E-state index < -0.39 is 12.0 Å². The van der Waals surface area contributed by atoms with Crippen molar-refractivity contribution in [1.82, 2.24) is 15.7 Å². The molecule has 0 aromatic heterocycles. The highest BCUT2D eigenvalue weighted by atomic mass is 16.5. The number of likely N-dealkylation sites (N-methyl/N-ethyl adjacent to an activating group) is 1. The van der Waals surface area contributed by atoms with Crippen LogP contribution in [0, 0.1) is 11.8 Å². The van der Waals surface area contributed by atoms with Gasteiger partial charge in [0.05, 0.1) is 12.5 Å². The van der Waals surface area contributed by atoms with Crippen LogP contribution in [0.4, 0.5) is 0 Å². The molecule has 8 nitrogen and oxygen atoms in total. The lowest BCUT2D eigenvalue weighted by Crippen LogP contribution is -2.50. The van der Waals surface area contributed by atoms with E-state index in [1.807, 2.05) is 68.4 Å². The molecule has 33 heavy (non-hydrogen) atoms. The number of nitrogens with zero attached hydrogens (tertiary/aromatic N) is 1. The molecule has 2 rings (SSSR count). The van der Waals surface area contributed by atoms with Crippen LogP contribution in [0.25, 0.3) is 0 Å². The zero-order chi connectivity index (χ0) is 24.2. The highest BCUT2D eigenvalue weighted by Gasteiger charge is 2.27. The monoisotopic (exact) mass is 455 g/mol. The topological polar surface area (TPSA) is 108 Å². The van der Waals surface area contributed by atoms with Crippen LogP contribution in [0.1, 0.15) is 31.4 Å². The molecule has 0 aliphatic heterocycles. The van der Waals surface area contributed by atoms with Gasteiger partial charge in [0.2, 0.25) is 18.2 Å². The minimum Gasteiger partial charge on any atom is -0.489 e. The average Bonchev–Trinajstić information content (AvgIpc) is 2.82. The van der Waals surface area contributed by atoms with E-state index in [0.29, 0.717) is 23.8 Å². The maximum atomic E-state index is 12.9. The maximum absolute atomic E-state index is 12.9. The lowest BCUT2D eigenvalue weighted by molar-refractivity contribution is -0.155. The molecule has 0 radical (unpaired) electrons. The lowest BCUT2D eigenvalue weighted by atomic mass is 9.95. The predicted molar refractivity (Wildman–Crippen MR) is 124 cm³/mol. The highest BCUT2D eigenvalue weighted by Crippen LogP contribution is 2.17. The van der Waals surface area contributed by atoms with E-state index in [2.05, 4.69) is 10.6 Å². The van der Waals surface area contributed by atoms with Gasteiger partial charge in [0.25, 0.3) is 0 Å². The smallest absolute Gasteiger partial charge is 0.242 e. The molecule has 178 valence electrons. The number of hydroxylamine groups is 2. The van der Waals surface area contributed by atoms with Crippen LogP contribution in [-0.4, -0.2) is 48.1 Å². The summed E-state index contributed by atoms with van der Waals surface area (Å²) in [5.41, 5.74) is 1.92. The van der Waals surface area contributed by atoms with Gasteiger partial charge in [-0.15, -0.1) is 0 Å². The number of amides is 3. The molecular weight excluding hydrogens is 422 g/mol. The van der Waals surface area contributed by atoms with Gasteiger partial charge in [-0.25, -0.2) is 5.06 Å². The zero-order valence-corrected chi connectivity index (χ0v) is 19.4. The summed E-state index contributed by atoms with van der Waals surface area (Å²) in [6.45, 7) is 4.21. The van der Waals surface area contributed by atoms with Crippen molar-refractivity contribution in [2.75, 3.05) is 13.6 Å². The van der Waals surface area contributed by atoms with Crippen LogP contribution in [0.15, 0.2) is 54.6 Å². The number of carbonyl (C=O) groups excluding carboxylic acids is 3. The first-order valence-electron chi connectivity index (χ1n) is 11.0. The van der Waals surface area contributed by atoms with Gasteiger partial charge in [-0.1, -0.05) is 56.3 Å². The number of hydrogen-bond donors (Lipinski definition) is 3. The molecule has 0 saturated heterocycles. The summed E-state index contributed by atoms with van der Waals surface area (Å²) in [6.07, 6.45) is 1.01. The van der Waals surface area contributed by atoms with Gasteiger partial charge in [-0.05, 0) is 35.6 Å². The molecule has 0 fully saturated rings. The van der Waals surface area contributed by atoms with Crippen molar-refractivity contribution in [3.63, 3.8) is 0 Å². The van der Waals surface area contributed by atoms with Gasteiger partial charge < -0.3 is 15.4 Å². The summed E-state index contributed by atoms with van der Waals surface area (Å²) >= 11 is 0. The Morgan fingerprint density at radius 2 is 1.70 bits per heavy atom. The van der Waals surface area contributed by atoms with Crippen LogP contribution >= 0.6 is 0 Å². The molecule has 8 heteroatoms. The Balaban J connectivity index is 2.03. The minimum atomic E-state index is -0.795. The van der Waals surface area contributed by atoms with E-state index in [1.165, 1.54) is 7.05 Å². The maximum Gasteiger partial charge on any atom is 0.242 e. The summed E-state index contributed by atoms with van der Waals surface area (Å²) in [5, 5.41) is 15.4. The van der Waals surface area contributed by atoms with Crippen LogP contribution < -0.4 is 15.4 Å². The minimum absolute atomic E-state index is 0.137. The molecule has 2 atom stereocenters. The molecule has 0 aliphatic rings. The number of hydrogen-bond acceptors (Lipinski definition) is 5. The first-order chi connectivity index (χ1) is 15.8. The Kier molecular flexibility index (Phi) is 10.4. The number of carbonyl (C=O) groups is 3. The van der Waals surface area contributed by atoms with E-state index in [1.54, 1.807) is 0 Å². The van der Waals surface area contributed by atoms with Crippen molar-refractivity contribution < 1.29 is 24.3 Å². The third kappa shape index (κ3) is 8.94. The number of nitrogens with one attached hydrogen (secondary N) is 2. The zero-order valence-electron chi connectivity index (χ0n) is 19.4. The van der Waals surface area contributed by atoms with Gasteiger partial charge in [0.1, 0.15) is 18.4 Å². The third-order valence-electron chi connectivity index (χ3n) is 5.15. The van der Waals surface area contributed by atoms with Crippen molar-refractivity contribution in [3.05, 3.63) is 65.7 Å². The average molecular weight is 456 g/mol. The van der Waals surface area contributed by atoms with Crippen molar-refractivity contribution in [2.24, 2.45) is 11.8 Å². The summed E-state index contributed by atoms with van der Waals surface area (Å²) in [5.74, 6) is -0.478. The van der Waals surface area contributed by atoms with Crippen molar-refractivity contribution in [3.8, 4) is 5.75 Å². The predicted octanol–water partition coefficient (Wildman–Crippen LogP) is 2.55. The second kappa shape index (κ2) is 13.2. The van der Waals surface area contributed by atoms with Gasteiger partial charge in [0, 0.05) is 13.5 Å². The molecule has 3 amide bonds. The molecule has 3 N–H and O–H groups in total. The number of rotatable bonds is 13. The van der Waals surface area contributed by atoms with Crippen LogP contribution in [0.5, 0.6) is 5.75 Å². The summed E-state index contributed by atoms with van der Waals surface area (Å²) < 4.78 is 5.80. The van der Waals surface area contributed by atoms with Crippen molar-refractivity contribution in [1.29, 1.82) is 0 Å². The first-order valence-corrected chi connectivity index (χ1v) is 11.0. The van der Waals surface area contributed by atoms with Crippen molar-refractivity contribution in [2.45, 2.75) is 39.3 Å². The van der Waals surface area contributed by atoms with E-state index in [4.69, 9.17) is 4.74 Å². The number of ether oxygens (including phenoxy) is 1. The Bertz CT molecular complexity index is 887. The second-order valence-electron chi connectivity index (χ2n) is 8.35. The molecule has 2 aromatic carbocycles. The quantitative estimate of drug-likeness (QED) is 0.244. The molecule has 0 saturated carbocycles. The van der Waals surface area contributed by atoms with Crippen LogP contribution in [-0.2, 0) is 27.4 Å². The molecule has 0 aliphatic carbocycles. The Hall–Kier alpha value is -3.39. The fourth-order valence-corrected chi connectivity index (χ4v) is 3.47. The van der Waals surface area contributed by atoms with Crippen molar-refractivity contribution >= 4 is 18.2 Å². The Morgan fingerprint density at radius 3 is 2.27 bits per heavy atom. The van der Waals surface area contributed by atoms with E-state index >= 15 is 0 Å². The third-order valence-corrected chi connectivity index (χ3v) is 5.15. The molecule has 1 unspecified atom stereocenters. The van der Waals surface area contributed by atoms with Crippen LogP contribution in [0.3, 0.4) is 0 Å². The number of benzene rings is 2. The molecule has 0 spiro atoms. The largest absolute Gasteiger partial charge is 0.489 e. The SMILES string of the molecule is CNC(=O)[C@H](Cc1ccc(OCc2ccccc2)cc1)NC(=O)C(CC(C)C)CN(O)C=O. The molecular formula is C25H33N3O5. The molecule has 0 bridgehead atoms. The van der Waals surface area contributed by atoms with Gasteiger partial charge >= 0.3 is 0 Å². The molecule has 2 aromatic rings. The van der Waals surface area contributed by atoms with E-state index in [9.17, 15) is 19.6 Å². The normalized spacial score (nSPS) is 12.5.